The average molecular weight is 508 g/mol. The second kappa shape index (κ2) is 8.88. The van der Waals surface area contributed by atoms with Gasteiger partial charge in [0.15, 0.2) is 5.82 Å². The number of fused-ring (bicyclic) bond motifs is 1. The third-order valence-corrected chi connectivity index (χ3v) is 6.57. The van der Waals surface area contributed by atoms with E-state index in [0.717, 1.165) is 21.5 Å². The van der Waals surface area contributed by atoms with Crippen LogP contribution in [0.3, 0.4) is 0 Å². The lowest BCUT2D eigenvalue weighted by molar-refractivity contribution is 0.0746. The van der Waals surface area contributed by atoms with Crippen LogP contribution in [0.5, 0.6) is 0 Å². The van der Waals surface area contributed by atoms with Gasteiger partial charge in [0.1, 0.15) is 0 Å². The number of carbonyl (C=O) groups excluding carboxylic acids is 1. The molecule has 1 fully saturated rings. The van der Waals surface area contributed by atoms with Gasteiger partial charge < -0.3 is 9.80 Å². The molecule has 1 amide bonds. The molecule has 7 heteroatoms. The third kappa shape index (κ3) is 4.20. The zero-order chi connectivity index (χ0) is 22.1. The quantitative estimate of drug-likeness (QED) is 0.358. The van der Waals surface area contributed by atoms with Crippen LogP contribution in [-0.4, -0.2) is 47.2 Å². The van der Waals surface area contributed by atoms with Crippen molar-refractivity contribution >= 4 is 50.0 Å². The van der Waals surface area contributed by atoms with E-state index in [1.807, 2.05) is 35.2 Å². The minimum Gasteiger partial charge on any atom is -0.352 e. The lowest BCUT2D eigenvalue weighted by Crippen LogP contribution is -2.49. The van der Waals surface area contributed by atoms with Crippen LogP contribution in [0.25, 0.3) is 22.0 Å². The van der Waals surface area contributed by atoms with Gasteiger partial charge in [-0.25, -0.2) is 0 Å². The molecule has 1 saturated heterocycles. The number of amides is 1. The summed E-state index contributed by atoms with van der Waals surface area (Å²) in [6, 6.07) is 23.9. The zero-order valence-electron chi connectivity index (χ0n) is 17.2. The predicted octanol–water partition coefficient (Wildman–Crippen LogP) is 5.68. The van der Waals surface area contributed by atoms with E-state index in [1.165, 1.54) is 10.8 Å². The number of nitrogens with zero attached hydrogens (tertiary/aromatic N) is 4. The smallest absolute Gasteiger partial charge is 0.255 e. The van der Waals surface area contributed by atoms with Gasteiger partial charge in [0.2, 0.25) is 0 Å². The van der Waals surface area contributed by atoms with E-state index in [0.29, 0.717) is 36.8 Å². The molecule has 0 bridgehead atoms. The van der Waals surface area contributed by atoms with Gasteiger partial charge in [0.05, 0.1) is 16.3 Å². The Kier molecular flexibility index (Phi) is 5.81. The molecule has 0 N–H and O–H groups in total. The highest BCUT2D eigenvalue weighted by Gasteiger charge is 2.24. The Morgan fingerprint density at radius 3 is 2.38 bits per heavy atom. The van der Waals surface area contributed by atoms with Gasteiger partial charge in [-0.2, -0.15) is 0 Å². The molecule has 1 aliphatic heterocycles. The molecule has 5 nitrogen and oxygen atoms in total. The number of hydrogen-bond acceptors (Lipinski definition) is 4. The Morgan fingerprint density at radius 1 is 0.844 bits per heavy atom. The molecule has 0 atom stereocenters. The highest BCUT2D eigenvalue weighted by Crippen LogP contribution is 2.25. The number of aromatic nitrogens is 2. The molecule has 2 heterocycles. The van der Waals surface area contributed by atoms with Crippen molar-refractivity contribution in [3.05, 3.63) is 87.9 Å². The third-order valence-electron chi connectivity index (χ3n) is 5.75. The molecule has 4 aromatic rings. The van der Waals surface area contributed by atoms with Crippen molar-refractivity contribution in [2.75, 3.05) is 31.1 Å². The lowest BCUT2D eigenvalue weighted by atomic mass is 10.1. The van der Waals surface area contributed by atoms with Gasteiger partial charge in [-0.3, -0.25) is 4.79 Å². The summed E-state index contributed by atoms with van der Waals surface area (Å²) in [5, 5.41) is 11.8. The minimum absolute atomic E-state index is 0.0475. The fraction of sp³-hybridized carbons (Fsp3) is 0.160. The lowest BCUT2D eigenvalue weighted by Gasteiger charge is -2.35. The summed E-state index contributed by atoms with van der Waals surface area (Å²) >= 11 is 9.65. The zero-order valence-corrected chi connectivity index (χ0v) is 19.6. The van der Waals surface area contributed by atoms with Gasteiger partial charge in [0.25, 0.3) is 5.91 Å². The van der Waals surface area contributed by atoms with E-state index in [2.05, 4.69) is 61.4 Å². The maximum Gasteiger partial charge on any atom is 0.255 e. The molecule has 5 rings (SSSR count). The second-order valence-corrected chi connectivity index (χ2v) is 9.06. The van der Waals surface area contributed by atoms with E-state index < -0.39 is 0 Å². The molecule has 0 radical (unpaired) electrons. The highest BCUT2D eigenvalue weighted by molar-refractivity contribution is 9.10. The molecular weight excluding hydrogens is 488 g/mol. The maximum atomic E-state index is 12.9. The van der Waals surface area contributed by atoms with E-state index in [1.54, 1.807) is 12.1 Å². The topological polar surface area (TPSA) is 49.3 Å². The van der Waals surface area contributed by atoms with Crippen LogP contribution in [0.2, 0.25) is 5.02 Å². The molecule has 1 aromatic heterocycles. The van der Waals surface area contributed by atoms with Crippen molar-refractivity contribution in [2.24, 2.45) is 0 Å². The first kappa shape index (κ1) is 20.9. The molecular formula is C25H20BrClN4O. The van der Waals surface area contributed by atoms with Crippen molar-refractivity contribution in [2.45, 2.75) is 0 Å². The number of rotatable bonds is 3. The van der Waals surface area contributed by atoms with Crippen LogP contribution >= 0.6 is 27.5 Å². The summed E-state index contributed by atoms with van der Waals surface area (Å²) in [5.41, 5.74) is 2.41. The summed E-state index contributed by atoms with van der Waals surface area (Å²) in [5.74, 6) is 0.774. The van der Waals surface area contributed by atoms with Crippen LogP contribution in [-0.2, 0) is 0 Å². The number of anilines is 1. The number of benzene rings is 3. The first-order valence-electron chi connectivity index (χ1n) is 10.4. The molecule has 0 aliphatic carbocycles. The summed E-state index contributed by atoms with van der Waals surface area (Å²) in [6.45, 7) is 2.61. The fourth-order valence-electron chi connectivity index (χ4n) is 3.97. The molecule has 1 aliphatic rings. The standard InChI is InChI=1S/C25H20BrClN4O/c26-20-7-8-22(27)21(16-20)25(32)31-13-11-30(12-14-31)24-10-9-23(28-29-24)19-6-5-17-3-1-2-4-18(17)15-19/h1-10,15-16H,11-14H2. The molecule has 0 saturated carbocycles. The predicted molar refractivity (Wildman–Crippen MR) is 132 cm³/mol. The molecule has 0 spiro atoms. The molecule has 32 heavy (non-hydrogen) atoms. The summed E-state index contributed by atoms with van der Waals surface area (Å²) < 4.78 is 0.839. The van der Waals surface area contributed by atoms with E-state index >= 15 is 0 Å². The van der Waals surface area contributed by atoms with Crippen LogP contribution in [0.1, 0.15) is 10.4 Å². The van der Waals surface area contributed by atoms with Crippen LogP contribution in [0.4, 0.5) is 5.82 Å². The average Bonchev–Trinajstić information content (AvgIpc) is 2.85. The number of piperazine rings is 1. The van der Waals surface area contributed by atoms with Crippen molar-refractivity contribution in [3.63, 3.8) is 0 Å². The Balaban J connectivity index is 1.26. The van der Waals surface area contributed by atoms with Crippen molar-refractivity contribution in [3.8, 4) is 11.3 Å². The van der Waals surface area contributed by atoms with Crippen LogP contribution in [0, 0.1) is 0 Å². The Hall–Kier alpha value is -2.96. The van der Waals surface area contributed by atoms with Crippen LogP contribution in [0.15, 0.2) is 77.3 Å². The number of halogens is 2. The Labute approximate surface area is 199 Å². The summed E-state index contributed by atoms with van der Waals surface area (Å²) in [6.07, 6.45) is 0. The number of carbonyl (C=O) groups is 1. The van der Waals surface area contributed by atoms with Crippen molar-refractivity contribution in [1.82, 2.24) is 15.1 Å². The van der Waals surface area contributed by atoms with E-state index in [9.17, 15) is 4.79 Å². The maximum absolute atomic E-state index is 12.9. The van der Waals surface area contributed by atoms with Gasteiger partial charge in [-0.05, 0) is 47.2 Å². The van der Waals surface area contributed by atoms with Gasteiger partial charge in [0, 0.05) is 36.2 Å². The molecule has 160 valence electrons. The summed E-state index contributed by atoms with van der Waals surface area (Å²) in [4.78, 5) is 16.9. The van der Waals surface area contributed by atoms with Gasteiger partial charge >= 0.3 is 0 Å². The van der Waals surface area contributed by atoms with Crippen molar-refractivity contribution in [1.29, 1.82) is 0 Å². The Bertz CT molecular complexity index is 1290. The van der Waals surface area contributed by atoms with Crippen molar-refractivity contribution < 1.29 is 4.79 Å². The van der Waals surface area contributed by atoms with Crippen LogP contribution < -0.4 is 4.90 Å². The molecule has 3 aromatic carbocycles. The number of hydrogen-bond donors (Lipinski definition) is 0. The largest absolute Gasteiger partial charge is 0.352 e. The highest BCUT2D eigenvalue weighted by atomic mass is 79.9. The normalized spacial score (nSPS) is 14.1. The monoisotopic (exact) mass is 506 g/mol. The van der Waals surface area contributed by atoms with E-state index in [4.69, 9.17) is 11.6 Å². The van der Waals surface area contributed by atoms with E-state index in [-0.39, 0.29) is 5.91 Å². The van der Waals surface area contributed by atoms with Gasteiger partial charge in [-0.15, -0.1) is 10.2 Å². The van der Waals surface area contributed by atoms with Gasteiger partial charge in [-0.1, -0.05) is 63.9 Å². The SMILES string of the molecule is O=C(c1cc(Br)ccc1Cl)N1CCN(c2ccc(-c3ccc4ccccc4c3)nn2)CC1. The molecule has 0 unspecified atom stereocenters. The first-order valence-corrected chi connectivity index (χ1v) is 11.6. The Morgan fingerprint density at radius 2 is 1.62 bits per heavy atom. The minimum atomic E-state index is -0.0475. The first-order chi connectivity index (χ1) is 15.6. The second-order valence-electron chi connectivity index (χ2n) is 7.74. The fourth-order valence-corrected chi connectivity index (χ4v) is 4.53. The summed E-state index contributed by atoms with van der Waals surface area (Å²) in [7, 11) is 0.